The molecule has 0 aromatic heterocycles. The summed E-state index contributed by atoms with van der Waals surface area (Å²) in [4.78, 5) is 13.2. The number of halogens is 7. The van der Waals surface area contributed by atoms with Crippen molar-refractivity contribution in [3.63, 3.8) is 0 Å². The standard InChI is InChI=1S/C24H13F7O2/c25-17-7-8-20-18(12-17)21(32)19(10-13-3-1-5-15(9-13)23(26,27)28)22(33-20)14-4-2-6-16(11-14)24(29,30)31/h1-12,22H/b19-10-. The molecule has 1 aliphatic rings. The van der Waals surface area contributed by atoms with E-state index in [2.05, 4.69) is 0 Å². The Morgan fingerprint density at radius 3 is 2.09 bits per heavy atom. The van der Waals surface area contributed by atoms with Crippen molar-refractivity contribution in [2.24, 2.45) is 0 Å². The van der Waals surface area contributed by atoms with Crippen LogP contribution < -0.4 is 4.74 Å². The summed E-state index contributed by atoms with van der Waals surface area (Å²) in [5.41, 5.74) is -2.43. The van der Waals surface area contributed by atoms with Gasteiger partial charge in [0, 0.05) is 5.57 Å². The third kappa shape index (κ3) is 4.62. The van der Waals surface area contributed by atoms with E-state index in [4.69, 9.17) is 4.74 Å². The number of carbonyl (C=O) groups is 1. The van der Waals surface area contributed by atoms with Crippen molar-refractivity contribution in [2.45, 2.75) is 18.5 Å². The van der Waals surface area contributed by atoms with E-state index in [-0.39, 0.29) is 28.0 Å². The highest BCUT2D eigenvalue weighted by molar-refractivity contribution is 6.14. The van der Waals surface area contributed by atoms with Gasteiger partial charge in [-0.25, -0.2) is 4.39 Å². The SMILES string of the molecule is O=C1/C(=C/c2cccc(C(F)(F)F)c2)C(c2cccc(C(F)(F)F)c2)Oc2ccc(F)cc21. The lowest BCUT2D eigenvalue weighted by molar-refractivity contribution is -0.138. The average molecular weight is 466 g/mol. The Kier molecular flexibility index (Phi) is 5.51. The molecule has 9 heteroatoms. The van der Waals surface area contributed by atoms with Gasteiger partial charge in [0.2, 0.25) is 0 Å². The van der Waals surface area contributed by atoms with Gasteiger partial charge in [-0.2, -0.15) is 26.3 Å². The highest BCUT2D eigenvalue weighted by Gasteiger charge is 2.36. The van der Waals surface area contributed by atoms with Crippen LogP contribution in [0.25, 0.3) is 6.08 Å². The van der Waals surface area contributed by atoms with Crippen LogP contribution in [0.15, 0.2) is 72.3 Å². The van der Waals surface area contributed by atoms with E-state index in [1.54, 1.807) is 0 Å². The zero-order valence-electron chi connectivity index (χ0n) is 16.5. The maximum Gasteiger partial charge on any atom is 0.416 e. The minimum absolute atomic E-state index is 0.0198. The molecule has 0 bridgehead atoms. The monoisotopic (exact) mass is 466 g/mol. The van der Waals surface area contributed by atoms with Crippen LogP contribution in [0, 0.1) is 5.82 Å². The maximum atomic E-state index is 13.7. The molecule has 4 rings (SSSR count). The van der Waals surface area contributed by atoms with Gasteiger partial charge in [0.15, 0.2) is 11.9 Å². The van der Waals surface area contributed by atoms with Crippen molar-refractivity contribution in [1.82, 2.24) is 0 Å². The van der Waals surface area contributed by atoms with Crippen LogP contribution in [-0.2, 0) is 12.4 Å². The molecule has 170 valence electrons. The Morgan fingerprint density at radius 2 is 1.42 bits per heavy atom. The fraction of sp³-hybridized carbons (Fsp3) is 0.125. The van der Waals surface area contributed by atoms with Gasteiger partial charge in [-0.05, 0) is 59.7 Å². The number of ketones is 1. The number of ether oxygens (including phenoxy) is 1. The normalized spacial score (nSPS) is 17.6. The van der Waals surface area contributed by atoms with Gasteiger partial charge < -0.3 is 4.74 Å². The van der Waals surface area contributed by atoms with Crippen molar-refractivity contribution < 1.29 is 40.3 Å². The third-order valence-corrected chi connectivity index (χ3v) is 5.03. The summed E-state index contributed by atoms with van der Waals surface area (Å²) in [6.45, 7) is 0. The van der Waals surface area contributed by atoms with E-state index in [1.807, 2.05) is 0 Å². The molecule has 1 aliphatic heterocycles. The second kappa shape index (κ2) is 8.06. The number of rotatable bonds is 2. The molecule has 0 spiro atoms. The van der Waals surface area contributed by atoms with E-state index >= 15 is 0 Å². The van der Waals surface area contributed by atoms with Crippen molar-refractivity contribution in [2.75, 3.05) is 0 Å². The molecule has 0 saturated carbocycles. The largest absolute Gasteiger partial charge is 0.480 e. The van der Waals surface area contributed by atoms with Crippen molar-refractivity contribution in [3.05, 3.63) is 106 Å². The summed E-state index contributed by atoms with van der Waals surface area (Å²) in [5.74, 6) is -1.57. The second-order valence-electron chi connectivity index (χ2n) is 7.31. The second-order valence-corrected chi connectivity index (χ2v) is 7.31. The van der Waals surface area contributed by atoms with E-state index in [1.165, 1.54) is 18.2 Å². The number of fused-ring (bicyclic) bond motifs is 1. The van der Waals surface area contributed by atoms with Gasteiger partial charge in [-0.3, -0.25) is 4.79 Å². The van der Waals surface area contributed by atoms with Gasteiger partial charge in [0.1, 0.15) is 11.6 Å². The predicted octanol–water partition coefficient (Wildman–Crippen LogP) is 7.26. The lowest BCUT2D eigenvalue weighted by Crippen LogP contribution is -2.24. The molecule has 0 N–H and O–H groups in total. The molecule has 3 aromatic carbocycles. The first-order valence-electron chi connectivity index (χ1n) is 9.50. The van der Waals surface area contributed by atoms with Crippen LogP contribution in [0.5, 0.6) is 5.75 Å². The first kappa shape index (κ1) is 22.6. The Bertz CT molecular complexity index is 1260. The van der Waals surface area contributed by atoms with Crippen molar-refractivity contribution in [3.8, 4) is 5.75 Å². The van der Waals surface area contributed by atoms with Crippen LogP contribution in [0.1, 0.15) is 38.7 Å². The molecule has 2 nitrogen and oxygen atoms in total. The Labute approximate surface area is 182 Å². The van der Waals surface area contributed by atoms with E-state index in [9.17, 15) is 35.5 Å². The van der Waals surface area contributed by atoms with Gasteiger partial charge in [0.25, 0.3) is 0 Å². The molecular weight excluding hydrogens is 453 g/mol. The minimum Gasteiger partial charge on any atom is -0.480 e. The van der Waals surface area contributed by atoms with E-state index < -0.39 is 41.2 Å². The highest BCUT2D eigenvalue weighted by atomic mass is 19.4. The van der Waals surface area contributed by atoms with Crippen LogP contribution in [-0.4, -0.2) is 5.78 Å². The summed E-state index contributed by atoms with van der Waals surface area (Å²) >= 11 is 0. The average Bonchev–Trinajstić information content (AvgIpc) is 2.75. The minimum atomic E-state index is -4.67. The molecule has 0 amide bonds. The summed E-state index contributed by atoms with van der Waals surface area (Å²) in [5, 5.41) is 0. The molecule has 33 heavy (non-hydrogen) atoms. The summed E-state index contributed by atoms with van der Waals surface area (Å²) < 4.78 is 98.5. The number of benzene rings is 3. The third-order valence-electron chi connectivity index (χ3n) is 5.03. The molecule has 0 aliphatic carbocycles. The Balaban J connectivity index is 1.88. The number of hydrogen-bond acceptors (Lipinski definition) is 2. The molecule has 3 aromatic rings. The molecule has 1 heterocycles. The summed E-state index contributed by atoms with van der Waals surface area (Å²) in [7, 11) is 0. The smallest absolute Gasteiger partial charge is 0.416 e. The van der Waals surface area contributed by atoms with E-state index in [0.717, 1.165) is 54.6 Å². The summed E-state index contributed by atoms with van der Waals surface area (Å²) in [6.07, 6.45) is -9.55. The first-order chi connectivity index (χ1) is 15.4. The molecular formula is C24H13F7O2. The topological polar surface area (TPSA) is 26.3 Å². The van der Waals surface area contributed by atoms with Crippen LogP contribution in [0.3, 0.4) is 0 Å². The highest BCUT2D eigenvalue weighted by Crippen LogP contribution is 2.41. The fourth-order valence-corrected chi connectivity index (χ4v) is 3.50. The lowest BCUT2D eigenvalue weighted by Gasteiger charge is -2.28. The molecule has 0 saturated heterocycles. The number of carbonyl (C=O) groups excluding carboxylic acids is 1. The van der Waals surface area contributed by atoms with Gasteiger partial charge in [0.05, 0.1) is 16.7 Å². The first-order valence-corrected chi connectivity index (χ1v) is 9.50. The lowest BCUT2D eigenvalue weighted by atomic mass is 9.89. The van der Waals surface area contributed by atoms with Gasteiger partial charge in [-0.1, -0.05) is 24.3 Å². The van der Waals surface area contributed by atoms with E-state index in [0.29, 0.717) is 0 Å². The number of hydrogen-bond donors (Lipinski definition) is 0. The molecule has 0 fully saturated rings. The van der Waals surface area contributed by atoms with Gasteiger partial charge in [-0.15, -0.1) is 0 Å². The molecule has 1 atom stereocenters. The van der Waals surface area contributed by atoms with Crippen molar-refractivity contribution >= 4 is 11.9 Å². The molecule has 1 unspecified atom stereocenters. The van der Waals surface area contributed by atoms with Crippen LogP contribution in [0.2, 0.25) is 0 Å². The predicted molar refractivity (Wildman–Crippen MR) is 105 cm³/mol. The Hall–Kier alpha value is -3.62. The quantitative estimate of drug-likeness (QED) is 0.294. The maximum absolute atomic E-state index is 13.7. The fourth-order valence-electron chi connectivity index (χ4n) is 3.50. The zero-order valence-corrected chi connectivity index (χ0v) is 16.5. The number of alkyl halides is 6. The van der Waals surface area contributed by atoms with Gasteiger partial charge >= 0.3 is 12.4 Å². The van der Waals surface area contributed by atoms with Crippen molar-refractivity contribution in [1.29, 1.82) is 0 Å². The summed E-state index contributed by atoms with van der Waals surface area (Å²) in [6, 6.07) is 11.3. The van der Waals surface area contributed by atoms with Crippen LogP contribution >= 0.6 is 0 Å². The molecule has 0 radical (unpaired) electrons. The van der Waals surface area contributed by atoms with Crippen LogP contribution in [0.4, 0.5) is 30.7 Å². The zero-order chi connectivity index (χ0) is 24.0. The Morgan fingerprint density at radius 1 is 0.788 bits per heavy atom. The number of Topliss-reactive ketones (excluding diaryl/α,β-unsaturated/α-hetero) is 1.